The normalized spacial score (nSPS) is 18.6. The molecule has 3 aromatic carbocycles. The van der Waals surface area contributed by atoms with Gasteiger partial charge in [0, 0.05) is 40.7 Å². The topological polar surface area (TPSA) is 193 Å². The number of azo groups is 1. The molecule has 1 heterocycles. The van der Waals surface area contributed by atoms with Gasteiger partial charge in [-0.2, -0.15) is 5.11 Å². The van der Waals surface area contributed by atoms with E-state index in [0.717, 1.165) is 38.4 Å². The molecule has 0 saturated carbocycles. The minimum absolute atomic E-state index is 0.0304. The largest absolute Gasteiger partial charge is 0.508 e. The van der Waals surface area contributed by atoms with Crippen LogP contribution < -0.4 is 4.74 Å². The van der Waals surface area contributed by atoms with Gasteiger partial charge in [0.2, 0.25) is 5.11 Å². The summed E-state index contributed by atoms with van der Waals surface area (Å²) in [5.74, 6) is -6.57. The highest BCUT2D eigenvalue weighted by Gasteiger charge is 2.44. The number of carbonyl (C=O) groups is 2. The van der Waals surface area contributed by atoms with Crippen LogP contribution in [0.15, 0.2) is 33.1 Å². The number of carboxylic acids is 1. The van der Waals surface area contributed by atoms with Crippen LogP contribution in [0, 0.1) is 12.8 Å². The molecule has 1 saturated heterocycles. The zero-order valence-corrected chi connectivity index (χ0v) is 25.6. The highest BCUT2D eigenvalue weighted by atomic mass is 32.1. The summed E-state index contributed by atoms with van der Waals surface area (Å²) in [5.41, 5.74) is 1.08. The van der Waals surface area contributed by atoms with Gasteiger partial charge in [0.15, 0.2) is 11.7 Å². The summed E-state index contributed by atoms with van der Waals surface area (Å²) >= 11 is 5.43. The Labute approximate surface area is 262 Å². The van der Waals surface area contributed by atoms with Crippen molar-refractivity contribution in [3.05, 3.63) is 39.6 Å². The number of ketones is 1. The van der Waals surface area contributed by atoms with Gasteiger partial charge in [-0.15, -0.1) is 5.11 Å². The van der Waals surface area contributed by atoms with E-state index in [4.69, 9.17) is 17.0 Å². The molecular weight excluding hydrogens is 602 g/mol. The van der Waals surface area contributed by atoms with Gasteiger partial charge >= 0.3 is 5.97 Å². The van der Waals surface area contributed by atoms with Gasteiger partial charge in [-0.1, -0.05) is 0 Å². The maximum Gasteiger partial charge on any atom is 0.320 e. The summed E-state index contributed by atoms with van der Waals surface area (Å²) in [7, 11) is 1.32. The smallest absolute Gasteiger partial charge is 0.320 e. The van der Waals surface area contributed by atoms with E-state index >= 15 is 0 Å². The first-order chi connectivity index (χ1) is 21.4. The first-order valence-electron chi connectivity index (χ1n) is 14.5. The van der Waals surface area contributed by atoms with Crippen LogP contribution in [-0.2, 0) is 16.0 Å². The third-order valence-electron chi connectivity index (χ3n) is 9.14. The van der Waals surface area contributed by atoms with Gasteiger partial charge in [-0.3, -0.25) is 9.59 Å². The zero-order valence-electron chi connectivity index (χ0n) is 24.8. The van der Waals surface area contributed by atoms with Crippen LogP contribution in [0.1, 0.15) is 49.3 Å². The van der Waals surface area contributed by atoms with Crippen LogP contribution in [-0.4, -0.2) is 72.6 Å². The van der Waals surface area contributed by atoms with Gasteiger partial charge in [-0.25, -0.2) is 0 Å². The van der Waals surface area contributed by atoms with Gasteiger partial charge in [0.05, 0.1) is 29.0 Å². The Balaban J connectivity index is 1.62. The van der Waals surface area contributed by atoms with Gasteiger partial charge in [-0.05, 0) is 75.4 Å². The molecule has 6 N–H and O–H groups in total. The zero-order chi connectivity index (χ0) is 32.5. The molecule has 0 amide bonds. The number of allylic oxidation sites excluding steroid dienone is 3. The molecule has 12 nitrogen and oxygen atoms in total. The summed E-state index contributed by atoms with van der Waals surface area (Å²) in [5, 5.41) is 73.7. The monoisotopic (exact) mass is 633 g/mol. The van der Waals surface area contributed by atoms with Gasteiger partial charge < -0.3 is 40.3 Å². The average molecular weight is 634 g/mol. The molecule has 3 aliphatic rings. The van der Waals surface area contributed by atoms with Crippen molar-refractivity contribution < 1.29 is 45.0 Å². The molecule has 13 heteroatoms. The number of hydrogen-bond donors (Lipinski definition) is 6. The molecule has 0 spiro atoms. The molecule has 1 unspecified atom stereocenters. The minimum atomic E-state index is -1.75. The number of aliphatic carboxylic acids is 1. The van der Waals surface area contributed by atoms with Crippen LogP contribution in [0.3, 0.4) is 0 Å². The Morgan fingerprint density at radius 1 is 0.956 bits per heavy atom. The van der Waals surface area contributed by atoms with Gasteiger partial charge in [0.25, 0.3) is 0 Å². The number of phenols is 5. The highest BCUT2D eigenvalue weighted by Crippen LogP contribution is 2.58. The number of phenolic OH excluding ortho intramolecular Hbond substituents is 5. The van der Waals surface area contributed by atoms with Crippen molar-refractivity contribution in [2.75, 3.05) is 20.2 Å². The Morgan fingerprint density at radius 3 is 2.29 bits per heavy atom. The lowest BCUT2D eigenvalue weighted by Gasteiger charge is -2.32. The van der Waals surface area contributed by atoms with E-state index < -0.39 is 40.7 Å². The molecule has 1 fully saturated rings. The lowest BCUT2D eigenvalue weighted by atomic mass is 9.72. The van der Waals surface area contributed by atoms with Crippen molar-refractivity contribution in [3.8, 4) is 34.5 Å². The van der Waals surface area contributed by atoms with E-state index in [0.29, 0.717) is 16.7 Å². The fourth-order valence-electron chi connectivity index (χ4n) is 6.81. The van der Waals surface area contributed by atoms with Crippen LogP contribution in [0.5, 0.6) is 34.5 Å². The van der Waals surface area contributed by atoms with Gasteiger partial charge in [0.1, 0.15) is 34.5 Å². The fraction of sp³-hybridized carbons (Fsp3) is 0.344. The maximum absolute atomic E-state index is 14.1. The molecule has 234 valence electrons. The fourth-order valence-corrected chi connectivity index (χ4v) is 7.04. The molecule has 1 aliphatic heterocycles. The molecule has 0 radical (unpaired) electrons. The number of nitrogens with zero attached hydrogens (tertiary/aromatic N) is 3. The summed E-state index contributed by atoms with van der Waals surface area (Å²) < 4.78 is 5.69. The number of benzene rings is 3. The maximum atomic E-state index is 14.1. The second kappa shape index (κ2) is 10.9. The molecule has 1 atom stereocenters. The van der Waals surface area contributed by atoms with E-state index in [9.17, 15) is 40.2 Å². The van der Waals surface area contributed by atoms with E-state index in [1.54, 1.807) is 6.92 Å². The molecule has 0 bridgehead atoms. The number of ether oxygens (including phenoxy) is 1. The van der Waals surface area contributed by atoms with E-state index in [2.05, 4.69) is 10.2 Å². The number of carbonyl (C=O) groups excluding carboxylic acids is 1. The number of hydrogen-bond acceptors (Lipinski definition) is 10. The van der Waals surface area contributed by atoms with Crippen molar-refractivity contribution in [3.63, 3.8) is 0 Å². The summed E-state index contributed by atoms with van der Waals surface area (Å²) in [6.07, 6.45) is 3.44. The summed E-state index contributed by atoms with van der Waals surface area (Å²) in [6.45, 7) is 4.50. The molecule has 0 aromatic heterocycles. The predicted molar refractivity (Wildman–Crippen MR) is 168 cm³/mol. The number of fused-ring (bicyclic) bond motifs is 4. The Bertz CT molecular complexity index is 1970. The molecule has 6 rings (SSSR count). The number of methoxy groups -OCH3 is 1. The Kier molecular flexibility index (Phi) is 7.31. The second-order valence-corrected chi connectivity index (χ2v) is 11.9. The van der Waals surface area contributed by atoms with Crippen LogP contribution in [0.2, 0.25) is 0 Å². The first-order valence-corrected chi connectivity index (χ1v) is 14.9. The van der Waals surface area contributed by atoms with Crippen LogP contribution in [0.4, 0.5) is 0 Å². The van der Waals surface area contributed by atoms with Crippen molar-refractivity contribution in [2.45, 2.75) is 46.0 Å². The number of Topliss-reactive ketones (excluding diaryl/α,β-unsaturated/α-hetero) is 1. The number of rotatable bonds is 3. The Hall–Kier alpha value is -4.91. The minimum Gasteiger partial charge on any atom is -0.508 e. The molecule has 2 aliphatic carbocycles. The second-order valence-electron chi connectivity index (χ2n) is 11.5. The number of piperidine rings is 1. The average Bonchev–Trinajstić information content (AvgIpc) is 3.02. The summed E-state index contributed by atoms with van der Waals surface area (Å²) in [6, 6.07) is 1.14. The lowest BCUT2D eigenvalue weighted by molar-refractivity contribution is -0.143. The first kappa shape index (κ1) is 30.1. The van der Waals surface area contributed by atoms with E-state index in [1.807, 2.05) is 4.90 Å². The number of aromatic hydroxyl groups is 5. The van der Waals surface area contributed by atoms with Crippen molar-refractivity contribution >= 4 is 56.2 Å². The molecule has 45 heavy (non-hydrogen) atoms. The number of carboxylic acid groups (broad SMARTS) is 1. The van der Waals surface area contributed by atoms with Crippen molar-refractivity contribution in [1.82, 2.24) is 4.90 Å². The van der Waals surface area contributed by atoms with E-state index in [-0.39, 0.29) is 73.4 Å². The predicted octanol–water partition coefficient (Wildman–Crippen LogP) is 5.32. The third-order valence-corrected chi connectivity index (χ3v) is 9.48. The lowest BCUT2D eigenvalue weighted by Crippen LogP contribution is -2.34. The van der Waals surface area contributed by atoms with Crippen LogP contribution >= 0.6 is 12.2 Å². The molecular formula is C32H31N3O9S. The standard InChI is InChI=1S/C32H31N3O9S/c1-12-14-7-8-15-19(18(14)28(40)23(31(42)43)24(12)33-34-32(45)35-9-5-4-6-10-35)27(39)21-22(30(15)44-3)29(41)20-16(26(21)38)11-17(36)13(2)25(20)37/h11,23,36-39,41H,4-10H2,1-3H3,(H,42,43). The van der Waals surface area contributed by atoms with Crippen LogP contribution in [0.25, 0.3) is 27.1 Å². The highest BCUT2D eigenvalue weighted by molar-refractivity contribution is 7.80. The number of thiocarbonyl (C=S) groups is 1. The third kappa shape index (κ3) is 4.36. The van der Waals surface area contributed by atoms with E-state index in [1.165, 1.54) is 14.0 Å². The Morgan fingerprint density at radius 2 is 1.64 bits per heavy atom. The summed E-state index contributed by atoms with van der Waals surface area (Å²) in [4.78, 5) is 28.6. The molecule has 3 aromatic rings. The number of likely N-dealkylation sites (tertiary alicyclic amines) is 1. The van der Waals surface area contributed by atoms with Crippen molar-refractivity contribution in [2.24, 2.45) is 16.1 Å². The quantitative estimate of drug-likeness (QED) is 0.0719. The van der Waals surface area contributed by atoms with Crippen molar-refractivity contribution in [1.29, 1.82) is 0 Å². The SMILES string of the molecule is COc1c2c(c(O)c3c(O)c4cc(O)c(C)c(O)c4c(O)c13)C1=C(CC2)C(C)=C(N=NC(=S)N2CCCCC2)C(C(=O)O)C1=O.